The molecule has 0 aliphatic rings. The average molecular weight is 271 g/mol. The van der Waals surface area contributed by atoms with Crippen molar-refractivity contribution in [1.82, 2.24) is 4.98 Å². The smallest absolute Gasteiger partial charge is 0.356 e. The summed E-state index contributed by atoms with van der Waals surface area (Å²) in [5, 5.41) is 13.6. The van der Waals surface area contributed by atoms with Crippen molar-refractivity contribution in [3.8, 4) is 0 Å². The predicted octanol–water partition coefficient (Wildman–Crippen LogP) is 1.55. The number of rotatable bonds is 6. The first-order valence-electron chi connectivity index (χ1n) is 5.06. The lowest BCUT2D eigenvalue weighted by atomic mass is 10.3. The van der Waals surface area contributed by atoms with E-state index in [4.69, 9.17) is 0 Å². The molecule has 0 spiro atoms. The number of nitrogens with zero attached hydrogens (tertiary/aromatic N) is 2. The molecular formula is C10H13N3O4S. The zero-order valence-corrected chi connectivity index (χ0v) is 10.8. The second kappa shape index (κ2) is 6.80. The summed E-state index contributed by atoms with van der Waals surface area (Å²) in [6, 6.07) is 2.50. The highest BCUT2D eigenvalue weighted by atomic mass is 32.2. The molecule has 0 aliphatic carbocycles. The van der Waals surface area contributed by atoms with Gasteiger partial charge in [-0.25, -0.2) is 9.78 Å². The Bertz CT molecular complexity index is 453. The topological polar surface area (TPSA) is 94.4 Å². The summed E-state index contributed by atoms with van der Waals surface area (Å²) in [6.07, 6.45) is 1.92. The standard InChI is InChI=1S/C10H13N3O4S/c1-17-10(14)7-3-4-8(13(15)16)9(12-7)11-5-6-18-2/h3-4H,5-6H2,1-2H3,(H,11,12). The van der Waals surface area contributed by atoms with Gasteiger partial charge in [-0.2, -0.15) is 11.8 Å². The Morgan fingerprint density at radius 2 is 2.33 bits per heavy atom. The van der Waals surface area contributed by atoms with E-state index in [-0.39, 0.29) is 17.2 Å². The minimum atomic E-state index is -0.627. The van der Waals surface area contributed by atoms with Crippen LogP contribution in [-0.4, -0.2) is 41.5 Å². The molecule has 0 radical (unpaired) electrons. The van der Waals surface area contributed by atoms with Crippen LogP contribution in [0.4, 0.5) is 11.5 Å². The van der Waals surface area contributed by atoms with E-state index in [1.807, 2.05) is 6.26 Å². The van der Waals surface area contributed by atoms with Gasteiger partial charge in [-0.15, -0.1) is 0 Å². The Balaban J connectivity index is 2.99. The van der Waals surface area contributed by atoms with E-state index in [9.17, 15) is 14.9 Å². The van der Waals surface area contributed by atoms with E-state index in [1.54, 1.807) is 11.8 Å². The summed E-state index contributed by atoms with van der Waals surface area (Å²) in [5.74, 6) is 0.233. The number of nitro groups is 1. The molecule has 0 saturated carbocycles. The number of pyridine rings is 1. The van der Waals surface area contributed by atoms with Gasteiger partial charge in [0.05, 0.1) is 12.0 Å². The number of aromatic nitrogens is 1. The second-order valence-electron chi connectivity index (χ2n) is 3.23. The minimum Gasteiger partial charge on any atom is -0.464 e. The molecule has 0 saturated heterocycles. The van der Waals surface area contributed by atoms with Gasteiger partial charge in [0.1, 0.15) is 0 Å². The van der Waals surface area contributed by atoms with Crippen molar-refractivity contribution in [2.75, 3.05) is 31.0 Å². The highest BCUT2D eigenvalue weighted by molar-refractivity contribution is 7.98. The lowest BCUT2D eigenvalue weighted by Crippen LogP contribution is -2.11. The predicted molar refractivity (Wildman–Crippen MR) is 69.1 cm³/mol. The molecule has 1 aromatic rings. The maximum absolute atomic E-state index is 11.3. The highest BCUT2D eigenvalue weighted by Crippen LogP contribution is 2.22. The van der Waals surface area contributed by atoms with Crippen LogP contribution in [0.5, 0.6) is 0 Å². The number of ether oxygens (including phenoxy) is 1. The van der Waals surface area contributed by atoms with Gasteiger partial charge in [0.25, 0.3) is 0 Å². The summed E-state index contributed by atoms with van der Waals surface area (Å²) in [5.41, 5.74) is -0.126. The summed E-state index contributed by atoms with van der Waals surface area (Å²) in [7, 11) is 1.23. The van der Waals surface area contributed by atoms with Crippen LogP contribution in [-0.2, 0) is 4.74 Å². The Hall–Kier alpha value is -1.83. The van der Waals surface area contributed by atoms with Gasteiger partial charge in [0.15, 0.2) is 5.69 Å². The Labute approximate surface area is 108 Å². The third-order valence-electron chi connectivity index (χ3n) is 2.06. The molecular weight excluding hydrogens is 258 g/mol. The second-order valence-corrected chi connectivity index (χ2v) is 4.22. The van der Waals surface area contributed by atoms with Crippen LogP contribution in [0.15, 0.2) is 12.1 Å². The van der Waals surface area contributed by atoms with Crippen molar-refractivity contribution in [2.45, 2.75) is 0 Å². The molecule has 0 amide bonds. The Morgan fingerprint density at radius 1 is 1.61 bits per heavy atom. The molecule has 1 aromatic heterocycles. The molecule has 1 heterocycles. The van der Waals surface area contributed by atoms with Crippen LogP contribution >= 0.6 is 11.8 Å². The number of carbonyl (C=O) groups is 1. The van der Waals surface area contributed by atoms with E-state index < -0.39 is 10.9 Å². The number of carbonyl (C=O) groups excluding carboxylic acids is 1. The molecule has 0 bridgehead atoms. The monoisotopic (exact) mass is 271 g/mol. The van der Waals surface area contributed by atoms with E-state index in [0.29, 0.717) is 6.54 Å². The molecule has 0 aliphatic heterocycles. The fraction of sp³-hybridized carbons (Fsp3) is 0.400. The Kier molecular flexibility index (Phi) is 5.37. The Morgan fingerprint density at radius 3 is 2.89 bits per heavy atom. The molecule has 1 N–H and O–H groups in total. The molecule has 8 heteroatoms. The molecule has 98 valence electrons. The zero-order valence-electron chi connectivity index (χ0n) is 10.0. The molecule has 0 atom stereocenters. The van der Waals surface area contributed by atoms with Gasteiger partial charge in [-0.05, 0) is 12.3 Å². The van der Waals surface area contributed by atoms with Crippen LogP contribution in [0.1, 0.15) is 10.5 Å². The quantitative estimate of drug-likeness (QED) is 0.363. The molecule has 7 nitrogen and oxygen atoms in total. The minimum absolute atomic E-state index is 0.0368. The lowest BCUT2D eigenvalue weighted by molar-refractivity contribution is -0.384. The maximum Gasteiger partial charge on any atom is 0.356 e. The van der Waals surface area contributed by atoms with Crippen molar-refractivity contribution in [3.63, 3.8) is 0 Å². The van der Waals surface area contributed by atoms with Gasteiger partial charge < -0.3 is 10.1 Å². The van der Waals surface area contributed by atoms with Crippen molar-refractivity contribution in [3.05, 3.63) is 27.9 Å². The molecule has 0 aromatic carbocycles. The van der Waals surface area contributed by atoms with Crippen molar-refractivity contribution >= 4 is 29.2 Å². The van der Waals surface area contributed by atoms with Gasteiger partial charge in [-0.1, -0.05) is 0 Å². The van der Waals surface area contributed by atoms with Crippen LogP contribution in [0.3, 0.4) is 0 Å². The summed E-state index contributed by atoms with van der Waals surface area (Å²) in [4.78, 5) is 25.5. The summed E-state index contributed by atoms with van der Waals surface area (Å²) >= 11 is 1.60. The number of nitrogens with one attached hydrogen (secondary N) is 1. The number of anilines is 1. The molecule has 0 fully saturated rings. The van der Waals surface area contributed by atoms with Gasteiger partial charge in [0.2, 0.25) is 5.82 Å². The summed E-state index contributed by atoms with van der Waals surface area (Å²) < 4.78 is 4.51. The number of hydrogen-bond donors (Lipinski definition) is 1. The first kappa shape index (κ1) is 14.2. The summed E-state index contributed by atoms with van der Waals surface area (Å²) in [6.45, 7) is 0.527. The maximum atomic E-state index is 11.3. The van der Waals surface area contributed by atoms with Gasteiger partial charge >= 0.3 is 11.7 Å². The van der Waals surface area contributed by atoms with E-state index in [2.05, 4.69) is 15.0 Å². The first-order chi connectivity index (χ1) is 8.60. The van der Waals surface area contributed by atoms with Crippen LogP contribution in [0.25, 0.3) is 0 Å². The van der Waals surface area contributed by atoms with E-state index in [0.717, 1.165) is 5.75 Å². The van der Waals surface area contributed by atoms with Gasteiger partial charge in [-0.3, -0.25) is 10.1 Å². The van der Waals surface area contributed by atoms with Gasteiger partial charge in [0, 0.05) is 18.4 Å². The highest BCUT2D eigenvalue weighted by Gasteiger charge is 2.18. The van der Waals surface area contributed by atoms with Crippen molar-refractivity contribution < 1.29 is 14.5 Å². The zero-order chi connectivity index (χ0) is 13.5. The number of methoxy groups -OCH3 is 1. The van der Waals surface area contributed by atoms with Crippen LogP contribution < -0.4 is 5.32 Å². The third-order valence-corrected chi connectivity index (χ3v) is 2.68. The first-order valence-corrected chi connectivity index (χ1v) is 6.46. The van der Waals surface area contributed by atoms with Crippen molar-refractivity contribution in [1.29, 1.82) is 0 Å². The normalized spacial score (nSPS) is 9.89. The molecule has 18 heavy (non-hydrogen) atoms. The number of hydrogen-bond acceptors (Lipinski definition) is 7. The number of thioether (sulfide) groups is 1. The fourth-order valence-corrected chi connectivity index (χ4v) is 1.53. The number of esters is 1. The van der Waals surface area contributed by atoms with E-state index >= 15 is 0 Å². The lowest BCUT2D eigenvalue weighted by Gasteiger charge is -2.06. The molecule has 0 unspecified atom stereocenters. The van der Waals surface area contributed by atoms with Crippen molar-refractivity contribution in [2.24, 2.45) is 0 Å². The van der Waals surface area contributed by atoms with Crippen LogP contribution in [0.2, 0.25) is 0 Å². The van der Waals surface area contributed by atoms with E-state index in [1.165, 1.54) is 19.2 Å². The largest absolute Gasteiger partial charge is 0.464 e. The average Bonchev–Trinajstić information content (AvgIpc) is 2.37. The molecule has 1 rings (SSSR count). The van der Waals surface area contributed by atoms with Crippen LogP contribution in [0, 0.1) is 10.1 Å². The fourth-order valence-electron chi connectivity index (χ4n) is 1.22. The third kappa shape index (κ3) is 3.59. The SMILES string of the molecule is COC(=O)c1ccc([N+](=O)[O-])c(NCCSC)n1.